The molecule has 0 radical (unpaired) electrons. The van der Waals surface area contributed by atoms with Crippen LogP contribution in [0.15, 0.2) is 53.7 Å². The zero-order valence-electron chi connectivity index (χ0n) is 17.8. The molecule has 1 atom stereocenters. The fourth-order valence-corrected chi connectivity index (χ4v) is 5.68. The highest BCUT2D eigenvalue weighted by Crippen LogP contribution is 2.23. The number of hydrogen-bond donors (Lipinski definition) is 4. The van der Waals surface area contributed by atoms with Gasteiger partial charge in [-0.05, 0) is 55.5 Å². The summed E-state index contributed by atoms with van der Waals surface area (Å²) in [5.41, 5.74) is 6.66. The smallest absolute Gasteiger partial charge is 0.241 e. The maximum Gasteiger partial charge on any atom is 0.241 e. The van der Waals surface area contributed by atoms with Gasteiger partial charge < -0.3 is 25.3 Å². The average Bonchev–Trinajstić information content (AvgIpc) is 3.44. The van der Waals surface area contributed by atoms with E-state index in [1.54, 1.807) is 46.1 Å². The molecule has 0 spiro atoms. The van der Waals surface area contributed by atoms with Crippen LogP contribution in [0.2, 0.25) is 0 Å². The number of carbonyl (C=O) groups excluding carboxylic acids is 1. The quantitative estimate of drug-likeness (QED) is 0.405. The van der Waals surface area contributed by atoms with Crippen LogP contribution in [0.25, 0.3) is 10.9 Å². The summed E-state index contributed by atoms with van der Waals surface area (Å²) in [5, 5.41) is 9.95. The third kappa shape index (κ3) is 4.67. The van der Waals surface area contributed by atoms with Crippen LogP contribution in [-0.4, -0.2) is 59.6 Å². The first-order chi connectivity index (χ1) is 15.4. The van der Waals surface area contributed by atoms with Gasteiger partial charge in [0, 0.05) is 49.5 Å². The van der Waals surface area contributed by atoms with E-state index >= 15 is 0 Å². The molecule has 1 aromatic carbocycles. The lowest BCUT2D eigenvalue weighted by Crippen LogP contribution is -2.51. The van der Waals surface area contributed by atoms with Crippen LogP contribution in [0, 0.1) is 5.92 Å². The Morgan fingerprint density at radius 2 is 2.00 bits per heavy atom. The number of H-pyrrole nitrogens is 1. The van der Waals surface area contributed by atoms with E-state index in [1.807, 2.05) is 6.07 Å². The van der Waals surface area contributed by atoms with Crippen LogP contribution in [0.5, 0.6) is 0 Å². The number of aromatic nitrogens is 2. The Bertz CT molecular complexity index is 1180. The van der Waals surface area contributed by atoms with Gasteiger partial charge >= 0.3 is 0 Å². The van der Waals surface area contributed by atoms with E-state index in [2.05, 4.69) is 9.71 Å². The molecule has 3 aromatic rings. The number of amides is 1. The first-order valence-corrected chi connectivity index (χ1v) is 12.3. The number of aliphatic hydroxyl groups excluding tert-OH is 1. The van der Waals surface area contributed by atoms with Crippen molar-refractivity contribution in [2.24, 2.45) is 5.92 Å². The molecule has 32 heavy (non-hydrogen) atoms. The zero-order chi connectivity index (χ0) is 22.7. The first-order valence-electron chi connectivity index (χ1n) is 10.8. The number of aromatic amines is 1. The minimum atomic E-state index is -3.95. The maximum atomic E-state index is 13.4. The molecule has 172 valence electrons. The van der Waals surface area contributed by atoms with E-state index in [0.29, 0.717) is 49.2 Å². The molecule has 1 saturated heterocycles. The second-order valence-corrected chi connectivity index (χ2v) is 9.92. The maximum absolute atomic E-state index is 13.4. The van der Waals surface area contributed by atoms with Gasteiger partial charge in [-0.15, -0.1) is 0 Å². The van der Waals surface area contributed by atoms with Crippen molar-refractivity contribution in [1.29, 1.82) is 0 Å². The summed E-state index contributed by atoms with van der Waals surface area (Å²) in [6.45, 7) is 1.51. The van der Waals surface area contributed by atoms with Gasteiger partial charge in [0.25, 0.3) is 0 Å². The number of anilines is 1. The number of sulfonamides is 1. The number of aliphatic hydroxyl groups is 1. The number of nitrogen functional groups attached to an aromatic ring is 1. The zero-order valence-corrected chi connectivity index (χ0v) is 18.6. The topological polar surface area (TPSA) is 133 Å². The summed E-state index contributed by atoms with van der Waals surface area (Å²) in [7, 11) is -3.95. The Kier molecular flexibility index (Phi) is 6.54. The van der Waals surface area contributed by atoms with Gasteiger partial charge in [-0.25, -0.2) is 8.42 Å². The van der Waals surface area contributed by atoms with Crippen molar-refractivity contribution in [3.63, 3.8) is 0 Å². The van der Waals surface area contributed by atoms with Crippen LogP contribution in [0.1, 0.15) is 19.3 Å². The Balaban J connectivity index is 1.57. The number of likely N-dealkylation sites (tertiary alicyclic amines) is 1. The number of hydrogen-bond acceptors (Lipinski definition) is 5. The van der Waals surface area contributed by atoms with Crippen LogP contribution in [-0.2, 0) is 21.4 Å². The standard InChI is InChI=1S/C22H29N5O4S/c23-21-5-2-11-26(21)14-9-19(22(29)27-12-7-16(15-28)8-13-27)25-32(30,31)20-4-1-3-18-17(20)6-10-24-18/h1-6,10-11,16,19,24-25,28H,7-9,12-15,23H2. The van der Waals surface area contributed by atoms with E-state index < -0.39 is 16.1 Å². The van der Waals surface area contributed by atoms with E-state index in [1.165, 1.54) is 6.07 Å². The summed E-state index contributed by atoms with van der Waals surface area (Å²) in [6.07, 6.45) is 5.16. The lowest BCUT2D eigenvalue weighted by Gasteiger charge is -2.34. The molecular weight excluding hydrogens is 430 g/mol. The van der Waals surface area contributed by atoms with Gasteiger partial charge in [-0.3, -0.25) is 4.79 Å². The fraction of sp³-hybridized carbons (Fsp3) is 0.409. The second-order valence-electron chi connectivity index (χ2n) is 8.24. The molecule has 0 aliphatic carbocycles. The van der Waals surface area contributed by atoms with E-state index in [9.17, 15) is 18.3 Å². The lowest BCUT2D eigenvalue weighted by molar-refractivity contribution is -0.134. The molecule has 0 bridgehead atoms. The number of piperidine rings is 1. The summed E-state index contributed by atoms with van der Waals surface area (Å²) in [5.74, 6) is 0.483. The predicted octanol–water partition coefficient (Wildman–Crippen LogP) is 1.52. The van der Waals surface area contributed by atoms with Crippen molar-refractivity contribution in [3.05, 3.63) is 48.8 Å². The second kappa shape index (κ2) is 9.35. The van der Waals surface area contributed by atoms with E-state index in [4.69, 9.17) is 5.73 Å². The molecule has 2 aromatic heterocycles. The molecular formula is C22H29N5O4S. The van der Waals surface area contributed by atoms with Crippen molar-refractivity contribution in [2.75, 3.05) is 25.4 Å². The average molecular weight is 460 g/mol. The van der Waals surface area contributed by atoms with Crippen molar-refractivity contribution in [3.8, 4) is 0 Å². The highest BCUT2D eigenvalue weighted by Gasteiger charge is 2.32. The number of carbonyl (C=O) groups is 1. The lowest BCUT2D eigenvalue weighted by atomic mass is 9.97. The molecule has 10 heteroatoms. The van der Waals surface area contributed by atoms with Crippen LogP contribution >= 0.6 is 0 Å². The van der Waals surface area contributed by atoms with Crippen molar-refractivity contribution < 1.29 is 18.3 Å². The molecule has 1 fully saturated rings. The Morgan fingerprint density at radius 3 is 2.69 bits per heavy atom. The summed E-state index contributed by atoms with van der Waals surface area (Å²) in [4.78, 5) is 18.2. The minimum absolute atomic E-state index is 0.103. The normalized spacial score (nSPS) is 16.5. The van der Waals surface area contributed by atoms with Gasteiger partial charge in [0.1, 0.15) is 11.9 Å². The van der Waals surface area contributed by atoms with E-state index in [-0.39, 0.29) is 29.7 Å². The van der Waals surface area contributed by atoms with Gasteiger partial charge in [0.2, 0.25) is 15.9 Å². The largest absolute Gasteiger partial charge is 0.396 e. The summed E-state index contributed by atoms with van der Waals surface area (Å²) in [6, 6.07) is 9.36. The fourth-order valence-electron chi connectivity index (χ4n) is 4.23. The van der Waals surface area contributed by atoms with Crippen LogP contribution in [0.4, 0.5) is 5.82 Å². The van der Waals surface area contributed by atoms with Gasteiger partial charge in [-0.2, -0.15) is 4.72 Å². The number of fused-ring (bicyclic) bond motifs is 1. The van der Waals surface area contributed by atoms with Gasteiger partial charge in [-0.1, -0.05) is 6.07 Å². The van der Waals surface area contributed by atoms with Gasteiger partial charge in [0.05, 0.1) is 4.90 Å². The van der Waals surface area contributed by atoms with Crippen molar-refractivity contribution >= 4 is 32.7 Å². The molecule has 1 amide bonds. The molecule has 1 aliphatic heterocycles. The number of benzene rings is 1. The van der Waals surface area contributed by atoms with Crippen LogP contribution in [0.3, 0.4) is 0 Å². The first kappa shape index (κ1) is 22.4. The monoisotopic (exact) mass is 459 g/mol. The Labute approximate surface area is 187 Å². The predicted molar refractivity (Wildman–Crippen MR) is 122 cm³/mol. The summed E-state index contributed by atoms with van der Waals surface area (Å²) >= 11 is 0. The number of nitrogens with two attached hydrogens (primary N) is 1. The number of rotatable bonds is 8. The molecule has 0 saturated carbocycles. The highest BCUT2D eigenvalue weighted by atomic mass is 32.2. The van der Waals surface area contributed by atoms with Crippen molar-refractivity contribution in [1.82, 2.24) is 19.2 Å². The molecule has 1 aliphatic rings. The van der Waals surface area contributed by atoms with Crippen LogP contribution < -0.4 is 10.5 Å². The highest BCUT2D eigenvalue weighted by molar-refractivity contribution is 7.89. The van der Waals surface area contributed by atoms with Crippen molar-refractivity contribution in [2.45, 2.75) is 36.7 Å². The number of nitrogens with one attached hydrogen (secondary N) is 2. The molecule has 5 N–H and O–H groups in total. The number of nitrogens with zero attached hydrogens (tertiary/aromatic N) is 2. The number of aryl methyl sites for hydroxylation is 1. The molecule has 9 nitrogen and oxygen atoms in total. The van der Waals surface area contributed by atoms with E-state index in [0.717, 1.165) is 0 Å². The Hall–Kier alpha value is -2.82. The third-order valence-corrected chi connectivity index (χ3v) is 7.68. The molecule has 3 heterocycles. The molecule has 1 unspecified atom stereocenters. The third-order valence-electron chi connectivity index (χ3n) is 6.15. The SMILES string of the molecule is Nc1cccn1CCC(NS(=O)(=O)c1cccc2[nH]ccc12)C(=O)N1CCC(CO)CC1. The summed E-state index contributed by atoms with van der Waals surface area (Å²) < 4.78 is 31.1. The Morgan fingerprint density at radius 1 is 1.22 bits per heavy atom. The van der Waals surface area contributed by atoms with Gasteiger partial charge in [0.15, 0.2) is 0 Å². The minimum Gasteiger partial charge on any atom is -0.396 e. The molecule has 4 rings (SSSR count).